The molecule has 3 aromatic rings. The predicted molar refractivity (Wildman–Crippen MR) is 119 cm³/mol. The lowest BCUT2D eigenvalue weighted by molar-refractivity contribution is 0.102. The molecule has 0 spiro atoms. The molecule has 0 radical (unpaired) electrons. The van der Waals surface area contributed by atoms with Crippen LogP contribution in [0.2, 0.25) is 0 Å². The van der Waals surface area contributed by atoms with Crippen LogP contribution < -0.4 is 4.74 Å². The van der Waals surface area contributed by atoms with Gasteiger partial charge in [0, 0.05) is 18.7 Å². The summed E-state index contributed by atoms with van der Waals surface area (Å²) in [6, 6.07) is 17.3. The molecule has 0 saturated heterocycles. The number of hydrogen-bond acceptors (Lipinski definition) is 2. The highest BCUT2D eigenvalue weighted by Gasteiger charge is 2.54. The average Bonchev–Trinajstić information content (AvgIpc) is 3.27. The van der Waals surface area contributed by atoms with Gasteiger partial charge in [-0.3, -0.25) is 4.68 Å². The van der Waals surface area contributed by atoms with Crippen molar-refractivity contribution in [1.29, 1.82) is 0 Å². The summed E-state index contributed by atoms with van der Waals surface area (Å²) in [7, 11) is 2.07. The van der Waals surface area contributed by atoms with E-state index in [0.29, 0.717) is 12.5 Å². The van der Waals surface area contributed by atoms with Crippen LogP contribution in [0.4, 0.5) is 0 Å². The van der Waals surface area contributed by atoms with E-state index in [0.717, 1.165) is 17.6 Å². The molecule has 0 bridgehead atoms. The van der Waals surface area contributed by atoms with E-state index in [9.17, 15) is 0 Å². The van der Waals surface area contributed by atoms with Crippen LogP contribution in [0.1, 0.15) is 60.1 Å². The highest BCUT2D eigenvalue weighted by molar-refractivity contribution is 5.43. The van der Waals surface area contributed by atoms with Gasteiger partial charge in [0.25, 0.3) is 0 Å². The van der Waals surface area contributed by atoms with E-state index < -0.39 is 0 Å². The highest BCUT2D eigenvalue weighted by Crippen LogP contribution is 2.59. The van der Waals surface area contributed by atoms with E-state index in [2.05, 4.69) is 62.6 Å². The number of hydrogen-bond donors (Lipinski definition) is 0. The van der Waals surface area contributed by atoms with E-state index in [1.807, 2.05) is 10.7 Å². The van der Waals surface area contributed by atoms with Gasteiger partial charge >= 0.3 is 0 Å². The summed E-state index contributed by atoms with van der Waals surface area (Å²) in [5.74, 6) is 3.24. The van der Waals surface area contributed by atoms with Crippen LogP contribution in [-0.2, 0) is 31.9 Å². The molecule has 3 aliphatic rings. The highest BCUT2D eigenvalue weighted by atomic mass is 16.5. The number of benzene rings is 2. The van der Waals surface area contributed by atoms with Gasteiger partial charge in [0.1, 0.15) is 12.4 Å². The van der Waals surface area contributed by atoms with Crippen LogP contribution in [0.3, 0.4) is 0 Å². The number of nitrogens with zero attached hydrogens (tertiary/aromatic N) is 2. The van der Waals surface area contributed by atoms with Crippen LogP contribution in [-0.4, -0.2) is 9.78 Å². The average molecular weight is 399 g/mol. The summed E-state index contributed by atoms with van der Waals surface area (Å²) in [6.45, 7) is 3.13. The van der Waals surface area contributed by atoms with E-state index >= 15 is 0 Å². The molecule has 3 heteroatoms. The fraction of sp³-hybridized carbons (Fsp3) is 0.444. The van der Waals surface area contributed by atoms with Gasteiger partial charge in [0.15, 0.2) is 0 Å². The van der Waals surface area contributed by atoms with Crippen molar-refractivity contribution < 1.29 is 4.74 Å². The second kappa shape index (κ2) is 6.73. The molecule has 2 aromatic carbocycles. The summed E-state index contributed by atoms with van der Waals surface area (Å²) < 4.78 is 8.13. The summed E-state index contributed by atoms with van der Waals surface area (Å²) >= 11 is 0. The monoisotopic (exact) mass is 398 g/mol. The fourth-order valence-electron chi connectivity index (χ4n) is 6.78. The molecule has 0 amide bonds. The Labute approximate surface area is 179 Å². The van der Waals surface area contributed by atoms with Gasteiger partial charge in [0.05, 0.1) is 5.69 Å². The van der Waals surface area contributed by atoms with Crippen molar-refractivity contribution in [3.8, 4) is 5.75 Å². The van der Waals surface area contributed by atoms with Gasteiger partial charge < -0.3 is 4.74 Å². The van der Waals surface area contributed by atoms with E-state index in [1.54, 1.807) is 5.56 Å². The Morgan fingerprint density at radius 1 is 1.10 bits per heavy atom. The van der Waals surface area contributed by atoms with E-state index in [1.165, 1.54) is 54.5 Å². The molecule has 0 unspecified atom stereocenters. The van der Waals surface area contributed by atoms with Crippen molar-refractivity contribution in [1.82, 2.24) is 9.78 Å². The van der Waals surface area contributed by atoms with Gasteiger partial charge in [-0.1, -0.05) is 43.3 Å². The molecular formula is C27H30N2O. The second-order valence-electron chi connectivity index (χ2n) is 9.89. The minimum absolute atomic E-state index is 0.272. The van der Waals surface area contributed by atoms with Crippen LogP contribution in [0.5, 0.6) is 5.75 Å². The minimum Gasteiger partial charge on any atom is -0.489 e. The quantitative estimate of drug-likeness (QED) is 0.577. The number of fused-ring (bicyclic) bond motifs is 7. The lowest BCUT2D eigenvalue weighted by Gasteiger charge is -2.49. The number of aromatic nitrogens is 2. The predicted octanol–water partition coefficient (Wildman–Crippen LogP) is 5.57. The normalized spacial score (nSPS) is 28.9. The zero-order chi connectivity index (χ0) is 20.3. The standard InChI is InChI=1S/C27H30N2O/c1-27-13-12-23-22-11-9-21(30-17-18-6-4-3-5-7-18)14-19(22)8-10-24(23)25(27)15-20-16-29(2)28-26(20)27/h3-7,9,11,14,16,23-25H,8,10,12-13,15,17H2,1-2H3/t23-,24-,25+,27+/m1/s1. The first-order chi connectivity index (χ1) is 14.6. The number of aryl methyl sites for hydroxylation is 2. The van der Waals surface area contributed by atoms with Crippen molar-refractivity contribution in [2.75, 3.05) is 0 Å². The number of rotatable bonds is 3. The molecule has 3 nitrogen and oxygen atoms in total. The first kappa shape index (κ1) is 18.2. The van der Waals surface area contributed by atoms with Gasteiger partial charge in [-0.05, 0) is 84.2 Å². The van der Waals surface area contributed by atoms with Crippen molar-refractivity contribution in [3.63, 3.8) is 0 Å². The summed E-state index contributed by atoms with van der Waals surface area (Å²) in [4.78, 5) is 0. The summed E-state index contributed by atoms with van der Waals surface area (Å²) in [5.41, 5.74) is 7.49. The maximum Gasteiger partial charge on any atom is 0.120 e. The van der Waals surface area contributed by atoms with Crippen molar-refractivity contribution in [2.45, 2.75) is 57.0 Å². The SMILES string of the molecule is Cn1cc2c(n1)[C@@]1(C)CC[C@@H]3c4ccc(OCc5ccccc5)cc4CC[C@H]3[C@@H]1C2. The summed E-state index contributed by atoms with van der Waals surface area (Å²) in [6.07, 6.45) is 8.50. The molecule has 4 atom stereocenters. The summed E-state index contributed by atoms with van der Waals surface area (Å²) in [5, 5.41) is 4.89. The molecule has 1 saturated carbocycles. The van der Waals surface area contributed by atoms with Crippen LogP contribution >= 0.6 is 0 Å². The van der Waals surface area contributed by atoms with E-state index in [4.69, 9.17) is 9.84 Å². The largest absolute Gasteiger partial charge is 0.489 e. The maximum atomic E-state index is 6.11. The smallest absolute Gasteiger partial charge is 0.120 e. The van der Waals surface area contributed by atoms with E-state index in [-0.39, 0.29) is 5.41 Å². The second-order valence-corrected chi connectivity index (χ2v) is 9.89. The maximum absolute atomic E-state index is 6.11. The Morgan fingerprint density at radius 3 is 2.83 bits per heavy atom. The first-order valence-electron chi connectivity index (χ1n) is 11.4. The first-order valence-corrected chi connectivity index (χ1v) is 11.4. The molecule has 1 heterocycles. The molecule has 6 rings (SSSR count). The van der Waals surface area contributed by atoms with Crippen molar-refractivity contribution in [3.05, 3.63) is 82.7 Å². The van der Waals surface area contributed by atoms with Crippen LogP contribution in [0, 0.1) is 11.8 Å². The third-order valence-electron chi connectivity index (χ3n) is 8.22. The van der Waals surface area contributed by atoms with Gasteiger partial charge in [-0.25, -0.2) is 0 Å². The van der Waals surface area contributed by atoms with Crippen molar-refractivity contribution in [2.24, 2.45) is 18.9 Å². The molecule has 1 fully saturated rings. The van der Waals surface area contributed by atoms with Crippen LogP contribution in [0.15, 0.2) is 54.7 Å². The van der Waals surface area contributed by atoms with Crippen molar-refractivity contribution >= 4 is 0 Å². The Kier molecular flexibility index (Phi) is 4.09. The molecule has 1 aromatic heterocycles. The Morgan fingerprint density at radius 2 is 1.97 bits per heavy atom. The fourth-order valence-corrected chi connectivity index (χ4v) is 6.78. The molecule has 30 heavy (non-hydrogen) atoms. The molecule has 154 valence electrons. The lowest BCUT2D eigenvalue weighted by Crippen LogP contribution is -2.43. The topological polar surface area (TPSA) is 27.1 Å². The Hall–Kier alpha value is -2.55. The molecular weight excluding hydrogens is 368 g/mol. The minimum atomic E-state index is 0.272. The molecule has 3 aliphatic carbocycles. The third kappa shape index (κ3) is 2.74. The number of ether oxygens (including phenoxy) is 1. The Bertz CT molecular complexity index is 1090. The molecule has 0 aliphatic heterocycles. The third-order valence-corrected chi connectivity index (χ3v) is 8.22. The van der Waals surface area contributed by atoms with Gasteiger partial charge in [-0.15, -0.1) is 0 Å². The van der Waals surface area contributed by atoms with Crippen LogP contribution in [0.25, 0.3) is 0 Å². The van der Waals surface area contributed by atoms with Gasteiger partial charge in [-0.2, -0.15) is 5.10 Å². The van der Waals surface area contributed by atoms with Gasteiger partial charge in [0.2, 0.25) is 0 Å². The zero-order valence-electron chi connectivity index (χ0n) is 18.0. The zero-order valence-corrected chi connectivity index (χ0v) is 18.0. The lowest BCUT2D eigenvalue weighted by atomic mass is 9.55. The Balaban J connectivity index is 1.23. The molecule has 0 N–H and O–H groups in total.